The van der Waals surface area contributed by atoms with Gasteiger partial charge in [-0.15, -0.1) is 11.8 Å². The van der Waals surface area contributed by atoms with E-state index in [0.29, 0.717) is 22.1 Å². The van der Waals surface area contributed by atoms with Gasteiger partial charge in [0.1, 0.15) is 34.9 Å². The van der Waals surface area contributed by atoms with Gasteiger partial charge in [-0.2, -0.15) is 12.8 Å². The number of thioether (sulfide) groups is 1. The lowest BCUT2D eigenvalue weighted by Gasteiger charge is -2.19. The average Bonchev–Trinajstić information content (AvgIpc) is 3.32. The van der Waals surface area contributed by atoms with Crippen molar-refractivity contribution in [2.75, 3.05) is 5.75 Å². The molecule has 7 N–H and O–H groups in total. The number of sulfonamides is 1. The molecule has 16 nitrogen and oxygen atoms in total. The summed E-state index contributed by atoms with van der Waals surface area (Å²) in [5, 5.41) is 66.5. The number of aliphatic hydroxyl groups is 1. The van der Waals surface area contributed by atoms with E-state index in [2.05, 4.69) is 11.0 Å². The quantitative estimate of drug-likeness (QED) is 0.0577. The molecule has 1 aromatic heterocycles. The van der Waals surface area contributed by atoms with Crippen LogP contribution in [0.4, 0.5) is 0 Å². The van der Waals surface area contributed by atoms with E-state index in [9.17, 15) is 63.0 Å². The molecule has 73 heavy (non-hydrogen) atoms. The lowest BCUT2D eigenvalue weighted by Crippen LogP contribution is -2.21. The van der Waals surface area contributed by atoms with E-state index in [0.717, 1.165) is 23.4 Å². The normalized spacial score (nSPS) is 13.1. The van der Waals surface area contributed by atoms with E-state index in [1.54, 1.807) is 36.4 Å². The van der Waals surface area contributed by atoms with Gasteiger partial charge in [0.15, 0.2) is 28.5 Å². The molecule has 0 bridgehead atoms. The number of phenols is 5. The van der Waals surface area contributed by atoms with Crippen LogP contribution in [0.15, 0.2) is 158 Å². The average molecular weight is 1030 g/mol. The van der Waals surface area contributed by atoms with Crippen molar-refractivity contribution in [2.24, 2.45) is 4.40 Å². The zero-order valence-corrected chi connectivity index (χ0v) is 39.3. The molecule has 6 aromatic carbocycles. The first-order valence-corrected chi connectivity index (χ1v) is 23.5. The summed E-state index contributed by atoms with van der Waals surface area (Å²) in [6, 6.07) is 28.1. The van der Waals surface area contributed by atoms with E-state index in [-0.39, 0.29) is 120 Å². The van der Waals surface area contributed by atoms with Crippen molar-refractivity contribution in [1.29, 1.82) is 0 Å². The summed E-state index contributed by atoms with van der Waals surface area (Å²) in [6.07, 6.45) is 2.61. The lowest BCUT2D eigenvalue weighted by atomic mass is 9.82. The van der Waals surface area contributed by atoms with Crippen molar-refractivity contribution in [1.82, 2.24) is 0 Å². The molecule has 0 saturated heterocycles. The molecule has 18 heteroatoms. The highest BCUT2D eigenvalue weighted by Gasteiger charge is 2.35. The number of phenolic OH excluding ortho intramolecular Hbond substituents is 5. The molecule has 9 rings (SSSR count). The van der Waals surface area contributed by atoms with Crippen LogP contribution in [-0.4, -0.2) is 78.9 Å². The van der Waals surface area contributed by atoms with Gasteiger partial charge in [0.05, 0.1) is 43.3 Å². The molecular formula is C55H49NO15S2. The van der Waals surface area contributed by atoms with E-state index in [1.165, 1.54) is 85.1 Å². The highest BCUT2D eigenvalue weighted by molar-refractivity contribution is 8.04. The standard InChI is InChI=1S/C22H21NO5S2.C16H10O5.C15H10O5.2CH4/c1-22(2,3)14-8-10-15(11-9-14)30(27,28)23-18-12-19(29-13-20(24)25)21(26)17-7-5-4-6-16(17)18;1-7(17)8-5-10-14(12(19)6-8)16(21)13-9(15(10)20)3-2-4-11(13)18;16-9-2-3-10-14(6-9)20-7-11(15(10)19)8-1-4-12(17)13(18)5-8;;/h4-12H,13H2,1-3H3,(H,24,25);2-6,17-19H,1H2;1-7,16-18H;2*1H4. The molecule has 0 saturated carbocycles. The number of hydrogen-bond donors (Lipinski definition) is 7. The summed E-state index contributed by atoms with van der Waals surface area (Å²) < 4.78 is 35.2. The number of aliphatic carboxylic acids is 1. The van der Waals surface area contributed by atoms with Gasteiger partial charge in [0.2, 0.25) is 5.78 Å². The number of hydrogen-bond acceptors (Lipinski definition) is 15. The van der Waals surface area contributed by atoms with Crippen molar-refractivity contribution in [2.45, 2.75) is 45.9 Å². The maximum Gasteiger partial charge on any atom is 0.313 e. The number of aromatic hydroxyl groups is 5. The van der Waals surface area contributed by atoms with Gasteiger partial charge >= 0.3 is 5.97 Å². The van der Waals surface area contributed by atoms with Crippen molar-refractivity contribution in [3.05, 3.63) is 194 Å². The van der Waals surface area contributed by atoms with Crippen LogP contribution in [0.5, 0.6) is 28.7 Å². The van der Waals surface area contributed by atoms with Crippen LogP contribution < -0.4 is 5.43 Å². The molecule has 1 heterocycles. The Kier molecular flexibility index (Phi) is 16.4. The van der Waals surface area contributed by atoms with Crippen molar-refractivity contribution < 1.29 is 67.8 Å². The monoisotopic (exact) mass is 1030 g/mol. The topological polar surface area (TPSA) is 287 Å². The summed E-state index contributed by atoms with van der Waals surface area (Å²) in [4.78, 5) is 61.0. The number of carboxylic acid groups (broad SMARTS) is 1. The van der Waals surface area contributed by atoms with Gasteiger partial charge in [-0.3, -0.25) is 24.0 Å². The molecule has 7 aromatic rings. The van der Waals surface area contributed by atoms with Crippen LogP contribution in [0.25, 0.3) is 27.9 Å². The number of ketones is 3. The summed E-state index contributed by atoms with van der Waals surface area (Å²) in [7, 11) is -4.03. The molecule has 0 aliphatic heterocycles. The minimum absolute atomic E-state index is 0. The summed E-state index contributed by atoms with van der Waals surface area (Å²) >= 11 is 0.844. The van der Waals surface area contributed by atoms with Gasteiger partial charge in [-0.05, 0) is 77.2 Å². The van der Waals surface area contributed by atoms with Gasteiger partial charge in [-0.25, -0.2) is 0 Å². The zero-order chi connectivity index (χ0) is 51.7. The molecule has 2 aliphatic carbocycles. The smallest absolute Gasteiger partial charge is 0.313 e. The third-order valence-corrected chi connectivity index (χ3v) is 13.3. The Labute approximate surface area is 423 Å². The Bertz CT molecular complexity index is 3620. The Morgan fingerprint density at radius 2 is 1.30 bits per heavy atom. The molecule has 0 atom stereocenters. The highest BCUT2D eigenvalue weighted by Crippen LogP contribution is 2.38. The molecule has 2 aliphatic rings. The SMILES string of the molecule is C.C.C=C(O)c1cc(O)c2c(c1)C(=O)c1cccc(O)c1C2=O.CC(C)(C)c1ccc(S(=O)(=O)N=C2C=C(SCC(=O)O)C(=O)c3ccccc32)cc1.O=c1c(-c2ccc(O)c(O)c2)coc2cc(O)ccc12. The predicted molar refractivity (Wildman–Crippen MR) is 279 cm³/mol. The largest absolute Gasteiger partial charge is 0.508 e. The number of carbonyl (C=O) groups is 4. The molecule has 376 valence electrons. The molecule has 0 fully saturated rings. The summed E-state index contributed by atoms with van der Waals surface area (Å²) in [5.41, 5.74) is 2.26. The molecule has 0 unspecified atom stereocenters. The molecule has 0 amide bonds. The summed E-state index contributed by atoms with van der Waals surface area (Å²) in [5.74, 6) is -4.51. The Morgan fingerprint density at radius 1 is 0.658 bits per heavy atom. The van der Waals surface area contributed by atoms with E-state index in [4.69, 9.17) is 9.52 Å². The second kappa shape index (κ2) is 21.7. The van der Waals surface area contributed by atoms with Crippen molar-refractivity contribution >= 4 is 67.5 Å². The number of benzene rings is 6. The number of carboxylic acids is 1. The number of aliphatic hydroxyl groups excluding tert-OH is 1. The second-order valence-electron chi connectivity index (χ2n) is 16.9. The van der Waals surface area contributed by atoms with Gasteiger partial charge < -0.3 is 40.2 Å². The van der Waals surface area contributed by atoms with Gasteiger partial charge in [-0.1, -0.05) is 96.8 Å². The fraction of sp³-hybridized carbons (Fsp3) is 0.127. The van der Waals surface area contributed by atoms with Crippen LogP contribution in [0.3, 0.4) is 0 Å². The Hall–Kier alpha value is -8.74. The van der Waals surface area contributed by atoms with Crippen LogP contribution in [0, 0.1) is 0 Å². The number of allylic oxidation sites excluding steroid dienone is 2. The first-order valence-electron chi connectivity index (χ1n) is 21.1. The maximum absolute atomic E-state index is 12.9. The Balaban J connectivity index is 0.000000206. The number of carbonyl (C=O) groups excluding carboxylic acids is 3. The first-order chi connectivity index (χ1) is 33.5. The van der Waals surface area contributed by atoms with E-state index >= 15 is 0 Å². The van der Waals surface area contributed by atoms with Gasteiger partial charge in [0.25, 0.3) is 10.0 Å². The van der Waals surface area contributed by atoms with Crippen LogP contribution >= 0.6 is 11.8 Å². The number of fused-ring (bicyclic) bond motifs is 4. The van der Waals surface area contributed by atoms with E-state index in [1.807, 2.05) is 20.8 Å². The van der Waals surface area contributed by atoms with Crippen LogP contribution in [0.2, 0.25) is 0 Å². The van der Waals surface area contributed by atoms with E-state index < -0.39 is 33.3 Å². The fourth-order valence-corrected chi connectivity index (χ4v) is 9.10. The molecule has 0 radical (unpaired) electrons. The number of Topliss-reactive ketones (excluding diaryl/α,β-unsaturated/α-hetero) is 1. The highest BCUT2D eigenvalue weighted by atomic mass is 32.2. The lowest BCUT2D eigenvalue weighted by molar-refractivity contribution is -0.133. The number of rotatable bonds is 7. The fourth-order valence-electron chi connectivity index (χ4n) is 7.39. The molecule has 0 spiro atoms. The second-order valence-corrected chi connectivity index (χ2v) is 19.5. The van der Waals surface area contributed by atoms with Crippen LogP contribution in [-0.2, 0) is 20.2 Å². The Morgan fingerprint density at radius 3 is 1.93 bits per heavy atom. The minimum atomic E-state index is -4.03. The summed E-state index contributed by atoms with van der Waals surface area (Å²) in [6.45, 7) is 9.43. The van der Waals surface area contributed by atoms with Crippen molar-refractivity contribution in [3.8, 4) is 39.9 Å². The third kappa shape index (κ3) is 11.6. The minimum Gasteiger partial charge on any atom is -0.508 e. The van der Waals surface area contributed by atoms with Crippen LogP contribution in [0.1, 0.15) is 94.5 Å². The molecular weight excluding hydrogens is 979 g/mol. The predicted octanol–water partition coefficient (Wildman–Crippen LogP) is 10.3. The van der Waals surface area contributed by atoms with Crippen molar-refractivity contribution in [3.63, 3.8) is 0 Å². The number of nitrogens with zero attached hydrogens (tertiary/aromatic N) is 1. The first kappa shape index (κ1) is 55.2. The van der Waals surface area contributed by atoms with Gasteiger partial charge in [0, 0.05) is 33.9 Å². The zero-order valence-electron chi connectivity index (χ0n) is 37.7. The maximum atomic E-state index is 12.9. The third-order valence-electron chi connectivity index (χ3n) is 11.0.